The minimum atomic E-state index is 0.115. The number of thioether (sulfide) groups is 1. The second-order valence-corrected chi connectivity index (χ2v) is 9.57. The smallest absolute Gasteiger partial charge is 0.220 e. The molecule has 0 atom stereocenters. The van der Waals surface area contributed by atoms with Crippen molar-refractivity contribution in [3.63, 3.8) is 0 Å². The summed E-state index contributed by atoms with van der Waals surface area (Å²) in [5, 5.41) is 4.11. The van der Waals surface area contributed by atoms with Gasteiger partial charge in [0.15, 0.2) is 5.16 Å². The first kappa shape index (κ1) is 24.8. The third-order valence-corrected chi connectivity index (χ3v) is 6.89. The molecule has 4 aromatic rings. The van der Waals surface area contributed by atoms with Crippen LogP contribution in [-0.4, -0.2) is 27.8 Å². The Morgan fingerprint density at radius 3 is 2.17 bits per heavy atom. The van der Waals surface area contributed by atoms with Crippen molar-refractivity contribution in [1.29, 1.82) is 0 Å². The molecule has 0 spiro atoms. The molecule has 0 radical (unpaired) electrons. The van der Waals surface area contributed by atoms with E-state index < -0.39 is 0 Å². The zero-order valence-corrected chi connectivity index (χ0v) is 21.1. The fourth-order valence-electron chi connectivity index (χ4n) is 4.11. The summed E-state index contributed by atoms with van der Waals surface area (Å²) in [5.74, 6) is 1.02. The van der Waals surface area contributed by atoms with Crippen molar-refractivity contribution in [1.82, 2.24) is 14.9 Å². The standard InChI is InChI=1S/C30H33N3OS/c1-2-22-33-29(26-17-10-5-11-18-26)28(25-15-8-4-9-16-25)32-30(33)35-23-12-21-31-27(34)20-19-24-13-6-3-7-14-24/h3-11,13-18H,2,12,19-23H2,1H3,(H,31,34). The lowest BCUT2D eigenvalue weighted by atomic mass is 10.0. The van der Waals surface area contributed by atoms with Crippen LogP contribution in [0.3, 0.4) is 0 Å². The van der Waals surface area contributed by atoms with Gasteiger partial charge in [-0.15, -0.1) is 0 Å². The molecule has 0 unspecified atom stereocenters. The molecule has 5 heteroatoms. The molecule has 1 amide bonds. The maximum atomic E-state index is 12.2. The van der Waals surface area contributed by atoms with E-state index in [-0.39, 0.29) is 5.91 Å². The maximum absolute atomic E-state index is 12.2. The van der Waals surface area contributed by atoms with Crippen molar-refractivity contribution in [2.75, 3.05) is 12.3 Å². The SMILES string of the molecule is CCCn1c(SCCCNC(=O)CCc2ccccc2)nc(-c2ccccc2)c1-c1ccccc1. The second-order valence-electron chi connectivity index (χ2n) is 8.51. The zero-order valence-electron chi connectivity index (χ0n) is 20.3. The monoisotopic (exact) mass is 483 g/mol. The van der Waals surface area contributed by atoms with Crippen LogP contribution in [0.1, 0.15) is 31.7 Å². The molecule has 0 aliphatic rings. The van der Waals surface area contributed by atoms with Gasteiger partial charge in [-0.2, -0.15) is 0 Å². The Balaban J connectivity index is 1.40. The van der Waals surface area contributed by atoms with Gasteiger partial charge in [0, 0.05) is 36.4 Å². The van der Waals surface area contributed by atoms with E-state index in [0.717, 1.165) is 48.0 Å². The Bertz CT molecular complexity index is 1190. The number of carbonyl (C=O) groups excluding carboxylic acids is 1. The van der Waals surface area contributed by atoms with Crippen LogP contribution < -0.4 is 5.32 Å². The summed E-state index contributed by atoms with van der Waals surface area (Å²) < 4.78 is 2.36. The van der Waals surface area contributed by atoms with E-state index in [1.165, 1.54) is 16.8 Å². The number of amides is 1. The number of carbonyl (C=O) groups is 1. The number of nitrogens with one attached hydrogen (secondary N) is 1. The molecule has 0 bridgehead atoms. The summed E-state index contributed by atoms with van der Waals surface area (Å²) in [6.07, 6.45) is 3.25. The van der Waals surface area contributed by atoms with Gasteiger partial charge in [-0.05, 0) is 24.8 Å². The number of hydrogen-bond donors (Lipinski definition) is 1. The number of aromatic nitrogens is 2. The van der Waals surface area contributed by atoms with Gasteiger partial charge in [-0.25, -0.2) is 4.98 Å². The quantitative estimate of drug-likeness (QED) is 0.177. The Morgan fingerprint density at radius 2 is 1.51 bits per heavy atom. The van der Waals surface area contributed by atoms with Crippen LogP contribution in [0.25, 0.3) is 22.5 Å². The van der Waals surface area contributed by atoms with Gasteiger partial charge < -0.3 is 9.88 Å². The van der Waals surface area contributed by atoms with E-state index >= 15 is 0 Å². The Kier molecular flexibility index (Phi) is 9.18. The lowest BCUT2D eigenvalue weighted by Crippen LogP contribution is -2.25. The van der Waals surface area contributed by atoms with Gasteiger partial charge in [0.25, 0.3) is 0 Å². The molecular formula is C30H33N3OS. The van der Waals surface area contributed by atoms with E-state index in [9.17, 15) is 4.79 Å². The minimum Gasteiger partial charge on any atom is -0.356 e. The maximum Gasteiger partial charge on any atom is 0.220 e. The van der Waals surface area contributed by atoms with E-state index in [1.54, 1.807) is 11.8 Å². The molecule has 0 aliphatic heterocycles. The van der Waals surface area contributed by atoms with E-state index in [4.69, 9.17) is 4.98 Å². The number of nitrogens with zero attached hydrogens (tertiary/aromatic N) is 2. The highest BCUT2D eigenvalue weighted by atomic mass is 32.2. The van der Waals surface area contributed by atoms with Crippen LogP contribution >= 0.6 is 11.8 Å². The first-order valence-corrected chi connectivity index (χ1v) is 13.4. The molecule has 1 N–H and O–H groups in total. The average Bonchev–Trinajstić information content (AvgIpc) is 3.27. The lowest BCUT2D eigenvalue weighted by molar-refractivity contribution is -0.121. The predicted octanol–water partition coefficient (Wildman–Crippen LogP) is 6.86. The molecule has 4 nitrogen and oxygen atoms in total. The molecule has 0 fully saturated rings. The van der Waals surface area contributed by atoms with Crippen molar-refractivity contribution in [2.24, 2.45) is 0 Å². The summed E-state index contributed by atoms with van der Waals surface area (Å²) in [5.41, 5.74) is 5.72. The molecule has 0 saturated heterocycles. The van der Waals surface area contributed by atoms with E-state index in [1.807, 2.05) is 24.3 Å². The average molecular weight is 484 g/mol. The molecule has 1 heterocycles. The number of aryl methyl sites for hydroxylation is 1. The Labute approximate surface area is 212 Å². The van der Waals surface area contributed by atoms with Crippen LogP contribution in [0.5, 0.6) is 0 Å². The minimum absolute atomic E-state index is 0.115. The fraction of sp³-hybridized carbons (Fsp3) is 0.267. The number of benzene rings is 3. The molecule has 0 saturated carbocycles. The Hall–Kier alpha value is -3.31. The summed E-state index contributed by atoms with van der Waals surface area (Å²) in [6, 6.07) is 31.1. The molecule has 3 aromatic carbocycles. The molecule has 0 aliphatic carbocycles. The molecular weight excluding hydrogens is 450 g/mol. The highest BCUT2D eigenvalue weighted by Gasteiger charge is 2.19. The topological polar surface area (TPSA) is 46.9 Å². The third kappa shape index (κ3) is 6.86. The van der Waals surface area contributed by atoms with Crippen molar-refractivity contribution in [3.8, 4) is 22.5 Å². The number of imidazole rings is 1. The molecule has 180 valence electrons. The molecule has 1 aromatic heterocycles. The van der Waals surface area contributed by atoms with Crippen LogP contribution in [0.15, 0.2) is 96.2 Å². The van der Waals surface area contributed by atoms with Gasteiger partial charge in [-0.1, -0.05) is 110 Å². The van der Waals surface area contributed by atoms with Crippen LogP contribution in [0.4, 0.5) is 0 Å². The van der Waals surface area contributed by atoms with Crippen molar-refractivity contribution < 1.29 is 4.79 Å². The lowest BCUT2D eigenvalue weighted by Gasteiger charge is -2.12. The van der Waals surface area contributed by atoms with Crippen molar-refractivity contribution >= 4 is 17.7 Å². The predicted molar refractivity (Wildman–Crippen MR) is 147 cm³/mol. The van der Waals surface area contributed by atoms with Crippen LogP contribution in [-0.2, 0) is 17.8 Å². The van der Waals surface area contributed by atoms with Gasteiger partial charge in [0.05, 0.1) is 11.4 Å². The Morgan fingerprint density at radius 1 is 0.886 bits per heavy atom. The van der Waals surface area contributed by atoms with Gasteiger partial charge in [0.2, 0.25) is 5.91 Å². The van der Waals surface area contributed by atoms with Gasteiger partial charge in [-0.3, -0.25) is 4.79 Å². The largest absolute Gasteiger partial charge is 0.356 e. The first-order chi connectivity index (χ1) is 17.3. The van der Waals surface area contributed by atoms with E-state index in [0.29, 0.717) is 13.0 Å². The molecule has 4 rings (SSSR count). The summed E-state index contributed by atoms with van der Waals surface area (Å²) in [7, 11) is 0. The highest BCUT2D eigenvalue weighted by Crippen LogP contribution is 2.36. The van der Waals surface area contributed by atoms with Crippen molar-refractivity contribution in [3.05, 3.63) is 96.6 Å². The zero-order chi connectivity index (χ0) is 24.3. The van der Waals surface area contributed by atoms with Crippen molar-refractivity contribution in [2.45, 2.75) is 44.3 Å². The fourth-order valence-corrected chi connectivity index (χ4v) is 5.08. The number of hydrogen-bond acceptors (Lipinski definition) is 3. The summed E-state index contributed by atoms with van der Waals surface area (Å²) >= 11 is 1.77. The van der Waals surface area contributed by atoms with Crippen LogP contribution in [0.2, 0.25) is 0 Å². The first-order valence-electron chi connectivity index (χ1n) is 12.4. The third-order valence-electron chi connectivity index (χ3n) is 5.83. The van der Waals surface area contributed by atoms with Gasteiger partial charge >= 0.3 is 0 Å². The van der Waals surface area contributed by atoms with Crippen LogP contribution in [0, 0.1) is 0 Å². The number of rotatable bonds is 12. The second kappa shape index (κ2) is 13.0. The summed E-state index contributed by atoms with van der Waals surface area (Å²) in [4.78, 5) is 17.3. The normalized spacial score (nSPS) is 10.9. The summed E-state index contributed by atoms with van der Waals surface area (Å²) in [6.45, 7) is 3.81. The molecule has 35 heavy (non-hydrogen) atoms. The van der Waals surface area contributed by atoms with E-state index in [2.05, 4.69) is 83.5 Å². The highest BCUT2D eigenvalue weighted by molar-refractivity contribution is 7.99. The van der Waals surface area contributed by atoms with Gasteiger partial charge in [0.1, 0.15) is 0 Å².